The third-order valence-electron chi connectivity index (χ3n) is 4.87. The van der Waals surface area contributed by atoms with Crippen molar-refractivity contribution in [2.45, 2.75) is 51.7 Å². The summed E-state index contributed by atoms with van der Waals surface area (Å²) in [7, 11) is 0. The maximum Gasteiger partial charge on any atom is 0.410 e. The summed E-state index contributed by atoms with van der Waals surface area (Å²) in [6, 6.07) is 0.694. The average Bonchev–Trinajstić information content (AvgIpc) is 2.81. The molecule has 3 saturated heterocycles. The molecule has 0 N–H and O–H groups in total. The van der Waals surface area contributed by atoms with Gasteiger partial charge in [0, 0.05) is 50.8 Å². The molecule has 0 aromatic heterocycles. The lowest BCUT2D eigenvalue weighted by Crippen LogP contribution is -2.61. The molecule has 3 rings (SSSR count). The fourth-order valence-corrected chi connectivity index (χ4v) is 3.80. The molecule has 0 bridgehead atoms. The van der Waals surface area contributed by atoms with E-state index in [1.165, 1.54) is 0 Å². The lowest BCUT2D eigenvalue weighted by molar-refractivity contribution is -0.0599. The highest BCUT2D eigenvalue weighted by molar-refractivity contribution is 5.68. The molecule has 3 fully saturated rings. The lowest BCUT2D eigenvalue weighted by atomic mass is 9.77. The van der Waals surface area contributed by atoms with Crippen molar-refractivity contribution in [2.75, 3.05) is 39.4 Å². The summed E-state index contributed by atoms with van der Waals surface area (Å²) in [5, 5.41) is 0. The average molecular weight is 296 g/mol. The second kappa shape index (κ2) is 5.43. The van der Waals surface area contributed by atoms with Crippen LogP contribution in [0.3, 0.4) is 0 Å². The first-order valence-electron chi connectivity index (χ1n) is 8.17. The van der Waals surface area contributed by atoms with E-state index in [-0.39, 0.29) is 6.09 Å². The van der Waals surface area contributed by atoms with E-state index in [9.17, 15) is 4.79 Å². The Kier molecular flexibility index (Phi) is 3.91. The van der Waals surface area contributed by atoms with E-state index >= 15 is 0 Å². The molecule has 0 aromatic rings. The maximum atomic E-state index is 12.1. The van der Waals surface area contributed by atoms with Crippen LogP contribution in [0.1, 0.15) is 40.0 Å². The van der Waals surface area contributed by atoms with E-state index in [4.69, 9.17) is 9.47 Å². The normalized spacial score (nSPS) is 26.9. The first-order chi connectivity index (χ1) is 9.87. The molecule has 0 saturated carbocycles. The van der Waals surface area contributed by atoms with Gasteiger partial charge in [0.05, 0.1) is 0 Å². The Labute approximate surface area is 127 Å². The fourth-order valence-electron chi connectivity index (χ4n) is 3.80. The van der Waals surface area contributed by atoms with Crippen molar-refractivity contribution in [3.05, 3.63) is 0 Å². The SMILES string of the molecule is CC(C)(C)OC(=O)N1CCC2(C1)CN(C1CCOCC1)C2. The minimum Gasteiger partial charge on any atom is -0.444 e. The van der Waals surface area contributed by atoms with Gasteiger partial charge in [-0.2, -0.15) is 0 Å². The van der Waals surface area contributed by atoms with E-state index in [1.54, 1.807) is 0 Å². The van der Waals surface area contributed by atoms with Gasteiger partial charge >= 0.3 is 6.09 Å². The molecule has 3 heterocycles. The van der Waals surface area contributed by atoms with E-state index in [2.05, 4.69) is 4.90 Å². The predicted molar refractivity (Wildman–Crippen MR) is 80.3 cm³/mol. The van der Waals surface area contributed by atoms with Crippen LogP contribution in [0, 0.1) is 5.41 Å². The number of rotatable bonds is 1. The number of nitrogens with zero attached hydrogens (tertiary/aromatic N) is 2. The molecule has 1 spiro atoms. The molecule has 3 aliphatic rings. The van der Waals surface area contributed by atoms with Gasteiger partial charge in [-0.15, -0.1) is 0 Å². The summed E-state index contributed by atoms with van der Waals surface area (Å²) in [6.07, 6.45) is 3.29. The number of hydrogen-bond acceptors (Lipinski definition) is 4. The lowest BCUT2D eigenvalue weighted by Gasteiger charge is -2.52. The molecule has 3 aliphatic heterocycles. The highest BCUT2D eigenvalue weighted by Crippen LogP contribution is 2.42. The van der Waals surface area contributed by atoms with Gasteiger partial charge in [0.1, 0.15) is 5.60 Å². The number of amides is 1. The van der Waals surface area contributed by atoms with Crippen LogP contribution in [0.25, 0.3) is 0 Å². The first kappa shape index (κ1) is 15.1. The number of likely N-dealkylation sites (tertiary alicyclic amines) is 2. The Balaban J connectivity index is 1.48. The van der Waals surface area contributed by atoms with Gasteiger partial charge in [0.15, 0.2) is 0 Å². The maximum absolute atomic E-state index is 12.1. The van der Waals surface area contributed by atoms with Crippen LogP contribution in [0.5, 0.6) is 0 Å². The predicted octanol–water partition coefficient (Wildman–Crippen LogP) is 2.11. The molecule has 5 nitrogen and oxygen atoms in total. The van der Waals surface area contributed by atoms with Crippen molar-refractivity contribution < 1.29 is 14.3 Å². The van der Waals surface area contributed by atoms with E-state index in [0.717, 1.165) is 58.7 Å². The van der Waals surface area contributed by atoms with Crippen LogP contribution in [-0.4, -0.2) is 66.9 Å². The molecule has 0 radical (unpaired) electrons. The minimum atomic E-state index is -0.402. The van der Waals surface area contributed by atoms with Crippen LogP contribution in [0.2, 0.25) is 0 Å². The largest absolute Gasteiger partial charge is 0.444 e. The third kappa shape index (κ3) is 3.34. The Morgan fingerprint density at radius 2 is 1.86 bits per heavy atom. The van der Waals surface area contributed by atoms with Crippen molar-refractivity contribution >= 4 is 6.09 Å². The second-order valence-corrected chi connectivity index (χ2v) is 7.90. The molecule has 0 aliphatic carbocycles. The van der Waals surface area contributed by atoms with Gasteiger partial charge in [-0.25, -0.2) is 4.79 Å². The topological polar surface area (TPSA) is 42.0 Å². The number of carbonyl (C=O) groups excluding carboxylic acids is 1. The van der Waals surface area contributed by atoms with Crippen molar-refractivity contribution in [1.29, 1.82) is 0 Å². The number of carbonyl (C=O) groups is 1. The zero-order valence-corrected chi connectivity index (χ0v) is 13.6. The molecule has 0 unspecified atom stereocenters. The summed E-state index contributed by atoms with van der Waals surface area (Å²) >= 11 is 0. The van der Waals surface area contributed by atoms with Gasteiger partial charge in [0.25, 0.3) is 0 Å². The van der Waals surface area contributed by atoms with Gasteiger partial charge in [-0.3, -0.25) is 4.90 Å². The van der Waals surface area contributed by atoms with Crippen molar-refractivity contribution in [2.24, 2.45) is 5.41 Å². The highest BCUT2D eigenvalue weighted by Gasteiger charge is 2.50. The number of ether oxygens (including phenoxy) is 2. The summed E-state index contributed by atoms with van der Waals surface area (Å²) in [4.78, 5) is 16.6. The molecule has 120 valence electrons. The van der Waals surface area contributed by atoms with Gasteiger partial charge < -0.3 is 14.4 Å². The van der Waals surface area contributed by atoms with Crippen LogP contribution >= 0.6 is 0 Å². The van der Waals surface area contributed by atoms with Crippen LogP contribution in [-0.2, 0) is 9.47 Å². The Morgan fingerprint density at radius 3 is 2.48 bits per heavy atom. The quantitative estimate of drug-likeness (QED) is 0.743. The van der Waals surface area contributed by atoms with Gasteiger partial charge in [-0.05, 0) is 40.0 Å². The number of hydrogen-bond donors (Lipinski definition) is 0. The van der Waals surface area contributed by atoms with Crippen molar-refractivity contribution in [1.82, 2.24) is 9.80 Å². The molecule has 0 aromatic carbocycles. The summed E-state index contributed by atoms with van der Waals surface area (Å²) < 4.78 is 10.9. The van der Waals surface area contributed by atoms with E-state index in [1.807, 2.05) is 25.7 Å². The second-order valence-electron chi connectivity index (χ2n) is 7.90. The summed E-state index contributed by atoms with van der Waals surface area (Å²) in [5.74, 6) is 0. The first-order valence-corrected chi connectivity index (χ1v) is 8.17. The zero-order chi connectivity index (χ0) is 15.1. The van der Waals surface area contributed by atoms with Gasteiger partial charge in [0.2, 0.25) is 0 Å². The Bertz CT molecular complexity index is 393. The fraction of sp³-hybridized carbons (Fsp3) is 0.938. The molecule has 5 heteroatoms. The molecular formula is C16H28N2O3. The molecular weight excluding hydrogens is 268 g/mol. The standard InChI is InChI=1S/C16H28N2O3/c1-15(2,3)21-14(19)17-7-6-16(10-17)11-18(12-16)13-4-8-20-9-5-13/h13H,4-12H2,1-3H3. The summed E-state index contributed by atoms with van der Waals surface area (Å²) in [6.45, 7) is 11.6. The third-order valence-corrected chi connectivity index (χ3v) is 4.87. The zero-order valence-electron chi connectivity index (χ0n) is 13.6. The van der Waals surface area contributed by atoms with E-state index in [0.29, 0.717) is 11.5 Å². The monoisotopic (exact) mass is 296 g/mol. The van der Waals surface area contributed by atoms with Crippen molar-refractivity contribution in [3.63, 3.8) is 0 Å². The smallest absolute Gasteiger partial charge is 0.410 e. The summed E-state index contributed by atoms with van der Waals surface area (Å²) in [5.41, 5.74) is -0.0736. The Hall–Kier alpha value is -0.810. The highest BCUT2D eigenvalue weighted by atomic mass is 16.6. The van der Waals surface area contributed by atoms with Gasteiger partial charge in [-0.1, -0.05) is 0 Å². The van der Waals surface area contributed by atoms with Crippen molar-refractivity contribution in [3.8, 4) is 0 Å². The Morgan fingerprint density at radius 1 is 1.19 bits per heavy atom. The molecule has 0 atom stereocenters. The molecule has 1 amide bonds. The van der Waals surface area contributed by atoms with Crippen LogP contribution < -0.4 is 0 Å². The minimum absolute atomic E-state index is 0.149. The van der Waals surface area contributed by atoms with Crippen LogP contribution in [0.4, 0.5) is 4.79 Å². The van der Waals surface area contributed by atoms with E-state index < -0.39 is 5.60 Å². The van der Waals surface area contributed by atoms with Crippen LogP contribution in [0.15, 0.2) is 0 Å². The molecule has 21 heavy (non-hydrogen) atoms.